The van der Waals surface area contributed by atoms with Gasteiger partial charge in [0.15, 0.2) is 17.8 Å². The van der Waals surface area contributed by atoms with Gasteiger partial charge in [0.1, 0.15) is 59.8 Å². The molecule has 9 unspecified atom stereocenters. The molecule has 42 heavy (non-hydrogen) atoms. The van der Waals surface area contributed by atoms with Gasteiger partial charge in [-0.05, 0) is 17.7 Å². The maximum atomic E-state index is 12.4. The molecule has 3 heterocycles. The van der Waals surface area contributed by atoms with Gasteiger partial charge in [0.05, 0.1) is 25.7 Å². The molecule has 2 fully saturated rings. The van der Waals surface area contributed by atoms with Gasteiger partial charge in [-0.1, -0.05) is 6.07 Å². The van der Waals surface area contributed by atoms with Gasteiger partial charge in [-0.15, -0.1) is 0 Å². The fraction of sp³-hybridized carbons (Fsp3) is 0.444. The largest absolute Gasteiger partial charge is 0.504 e. The van der Waals surface area contributed by atoms with Crippen molar-refractivity contribution in [2.45, 2.75) is 55.3 Å². The lowest BCUT2D eigenvalue weighted by atomic mass is 9.98. The first-order valence-electron chi connectivity index (χ1n) is 12.8. The zero-order chi connectivity index (χ0) is 30.3. The molecule has 0 bridgehead atoms. The van der Waals surface area contributed by atoms with Gasteiger partial charge in [0.2, 0.25) is 6.29 Å². The smallest absolute Gasteiger partial charge is 0.336 e. The predicted molar refractivity (Wildman–Crippen MR) is 139 cm³/mol. The first kappa shape index (κ1) is 30.0. The standard InChI is InChI=1S/C27H30O15/c1-37-11-5-16-20(12(7-19(31)40-16)10-2-3-13(28)14(29)4-10)17(6-11)41-27-25(36)23(34)22(33)18(42-27)9-39-26-24(35)21(32)15(30)8-38-26/h2-7,15,18,21-30,32-36H,8-9H2,1H3. The van der Waals surface area contributed by atoms with Crippen molar-refractivity contribution in [2.75, 3.05) is 20.3 Å². The summed E-state index contributed by atoms with van der Waals surface area (Å²) in [5.74, 6) is -0.710. The van der Waals surface area contributed by atoms with Gasteiger partial charge in [-0.25, -0.2) is 4.79 Å². The van der Waals surface area contributed by atoms with Gasteiger partial charge in [-0.3, -0.25) is 0 Å². The number of phenolic OH excluding ortho intramolecular Hbond substituents is 2. The topological polar surface area (TPSA) is 238 Å². The molecule has 8 N–H and O–H groups in total. The lowest BCUT2D eigenvalue weighted by molar-refractivity contribution is -0.307. The summed E-state index contributed by atoms with van der Waals surface area (Å²) >= 11 is 0. The molecule has 9 atom stereocenters. The molecule has 2 aliphatic heterocycles. The molecule has 5 rings (SSSR count). The number of hydrogen-bond donors (Lipinski definition) is 8. The lowest BCUT2D eigenvalue weighted by Crippen LogP contribution is -2.61. The van der Waals surface area contributed by atoms with Crippen molar-refractivity contribution >= 4 is 11.0 Å². The average Bonchev–Trinajstić information content (AvgIpc) is 2.97. The predicted octanol–water partition coefficient (Wildman–Crippen LogP) is -1.48. The zero-order valence-electron chi connectivity index (χ0n) is 22.0. The molecule has 3 aromatic rings. The molecule has 0 amide bonds. The van der Waals surface area contributed by atoms with Gasteiger partial charge in [0.25, 0.3) is 0 Å². The van der Waals surface area contributed by atoms with Crippen LogP contribution in [0.2, 0.25) is 0 Å². The maximum absolute atomic E-state index is 12.4. The molecule has 15 heteroatoms. The zero-order valence-corrected chi connectivity index (χ0v) is 22.0. The van der Waals surface area contributed by atoms with E-state index >= 15 is 0 Å². The van der Waals surface area contributed by atoms with Gasteiger partial charge >= 0.3 is 5.63 Å². The van der Waals surface area contributed by atoms with E-state index in [1.165, 1.54) is 37.4 Å². The first-order valence-corrected chi connectivity index (χ1v) is 12.8. The third-order valence-electron chi connectivity index (χ3n) is 7.09. The van der Waals surface area contributed by atoms with E-state index < -0.39 is 73.3 Å². The van der Waals surface area contributed by atoms with E-state index in [0.29, 0.717) is 5.56 Å². The summed E-state index contributed by atoms with van der Waals surface area (Å²) in [7, 11) is 1.35. The molecule has 2 aliphatic rings. The summed E-state index contributed by atoms with van der Waals surface area (Å²) in [5, 5.41) is 81.4. The van der Waals surface area contributed by atoms with Crippen LogP contribution in [0.4, 0.5) is 0 Å². The van der Waals surface area contributed by atoms with E-state index in [1.807, 2.05) is 0 Å². The summed E-state index contributed by atoms with van der Waals surface area (Å²) in [4.78, 5) is 12.4. The summed E-state index contributed by atoms with van der Waals surface area (Å²) in [5.41, 5.74) is -0.249. The highest BCUT2D eigenvalue weighted by Crippen LogP contribution is 2.41. The number of ether oxygens (including phenoxy) is 5. The monoisotopic (exact) mass is 594 g/mol. The Hall–Kier alpha value is -3.51. The second kappa shape index (κ2) is 12.0. The number of methoxy groups -OCH3 is 1. The van der Waals surface area contributed by atoms with Gasteiger partial charge in [0, 0.05) is 23.8 Å². The number of aliphatic hydroxyl groups excluding tert-OH is 6. The maximum Gasteiger partial charge on any atom is 0.336 e. The third-order valence-corrected chi connectivity index (χ3v) is 7.09. The van der Waals surface area contributed by atoms with E-state index in [9.17, 15) is 45.6 Å². The minimum absolute atomic E-state index is 0.00522. The SMILES string of the molecule is COc1cc(OC2OC(COC3OCC(O)C(O)C3O)C(O)C(O)C2O)c2c(-c3ccc(O)c(O)c3)cc(=O)oc2c1. The van der Waals surface area contributed by atoms with Crippen molar-refractivity contribution < 1.29 is 69.0 Å². The molecule has 0 spiro atoms. The number of hydrogen-bond acceptors (Lipinski definition) is 15. The van der Waals surface area contributed by atoms with Crippen molar-refractivity contribution in [2.24, 2.45) is 0 Å². The van der Waals surface area contributed by atoms with Crippen LogP contribution in [-0.2, 0) is 14.2 Å². The van der Waals surface area contributed by atoms with E-state index in [2.05, 4.69) is 0 Å². The van der Waals surface area contributed by atoms with Crippen LogP contribution >= 0.6 is 0 Å². The highest BCUT2D eigenvalue weighted by atomic mass is 16.7. The van der Waals surface area contributed by atoms with Crippen LogP contribution in [0, 0.1) is 0 Å². The Morgan fingerprint density at radius 2 is 1.60 bits per heavy atom. The Morgan fingerprint density at radius 3 is 2.31 bits per heavy atom. The van der Waals surface area contributed by atoms with Crippen LogP contribution in [0.25, 0.3) is 22.1 Å². The minimum Gasteiger partial charge on any atom is -0.504 e. The number of phenols is 2. The third kappa shape index (κ3) is 5.74. The second-order valence-corrected chi connectivity index (χ2v) is 9.90. The first-order chi connectivity index (χ1) is 20.0. The highest BCUT2D eigenvalue weighted by molar-refractivity contribution is 5.98. The van der Waals surface area contributed by atoms with Crippen molar-refractivity contribution in [3.8, 4) is 34.1 Å². The minimum atomic E-state index is -1.79. The Bertz CT molecular complexity index is 1470. The Balaban J connectivity index is 1.47. The average molecular weight is 595 g/mol. The lowest BCUT2D eigenvalue weighted by Gasteiger charge is -2.41. The van der Waals surface area contributed by atoms with Gasteiger partial charge in [-0.2, -0.15) is 0 Å². The quantitative estimate of drug-likeness (QED) is 0.115. The molecule has 2 aromatic carbocycles. The molecular formula is C27H30O15. The normalized spacial score (nSPS) is 31.6. The van der Waals surface area contributed by atoms with E-state index in [-0.39, 0.29) is 40.4 Å². The van der Waals surface area contributed by atoms with E-state index in [0.717, 1.165) is 6.07 Å². The van der Waals surface area contributed by atoms with Crippen LogP contribution in [0.5, 0.6) is 23.0 Å². The van der Waals surface area contributed by atoms with Crippen molar-refractivity contribution in [3.05, 3.63) is 46.8 Å². The number of fused-ring (bicyclic) bond motifs is 1. The summed E-state index contributed by atoms with van der Waals surface area (Å²) < 4.78 is 32.9. The van der Waals surface area contributed by atoms with Crippen LogP contribution in [0.3, 0.4) is 0 Å². The van der Waals surface area contributed by atoms with Crippen molar-refractivity contribution in [3.63, 3.8) is 0 Å². The second-order valence-electron chi connectivity index (χ2n) is 9.90. The summed E-state index contributed by atoms with van der Waals surface area (Å²) in [6.45, 7) is -0.828. The Morgan fingerprint density at radius 1 is 0.857 bits per heavy atom. The van der Waals surface area contributed by atoms with Crippen LogP contribution in [-0.4, -0.2) is 116 Å². The Kier molecular flexibility index (Phi) is 8.56. The van der Waals surface area contributed by atoms with Crippen LogP contribution in [0.1, 0.15) is 0 Å². The molecule has 0 saturated carbocycles. The number of rotatable bonds is 7. The molecule has 2 saturated heterocycles. The van der Waals surface area contributed by atoms with Crippen molar-refractivity contribution in [1.29, 1.82) is 0 Å². The summed E-state index contributed by atoms with van der Waals surface area (Å²) in [6, 6.07) is 7.80. The van der Waals surface area contributed by atoms with Gasteiger partial charge < -0.3 is 69.0 Å². The molecular weight excluding hydrogens is 564 g/mol. The molecule has 0 aliphatic carbocycles. The number of benzene rings is 2. The fourth-order valence-electron chi connectivity index (χ4n) is 4.76. The molecule has 228 valence electrons. The van der Waals surface area contributed by atoms with Crippen LogP contribution < -0.4 is 15.1 Å². The van der Waals surface area contributed by atoms with Crippen LogP contribution in [0.15, 0.2) is 45.6 Å². The molecule has 0 radical (unpaired) electrons. The fourth-order valence-corrected chi connectivity index (χ4v) is 4.76. The van der Waals surface area contributed by atoms with E-state index in [1.54, 1.807) is 0 Å². The number of aliphatic hydroxyl groups is 6. The number of aromatic hydroxyl groups is 2. The Labute approximate surface area is 236 Å². The molecule has 15 nitrogen and oxygen atoms in total. The summed E-state index contributed by atoms with van der Waals surface area (Å²) in [6.07, 6.45) is -14.1. The van der Waals surface area contributed by atoms with E-state index in [4.69, 9.17) is 28.1 Å². The highest BCUT2D eigenvalue weighted by Gasteiger charge is 2.46. The molecule has 1 aromatic heterocycles. The van der Waals surface area contributed by atoms with Crippen molar-refractivity contribution in [1.82, 2.24) is 0 Å².